The van der Waals surface area contributed by atoms with Crippen molar-refractivity contribution in [3.63, 3.8) is 0 Å². The van der Waals surface area contributed by atoms with Crippen molar-refractivity contribution in [1.29, 1.82) is 0 Å². The van der Waals surface area contributed by atoms with Crippen LogP contribution in [0.4, 0.5) is 13.2 Å². The molecule has 32 heavy (non-hydrogen) atoms. The number of aromatic nitrogens is 1. The number of amides is 2. The Morgan fingerprint density at radius 1 is 1.19 bits per heavy atom. The van der Waals surface area contributed by atoms with Gasteiger partial charge in [-0.15, -0.1) is 0 Å². The smallest absolute Gasteiger partial charge is 0.274 e. The van der Waals surface area contributed by atoms with Gasteiger partial charge in [0.1, 0.15) is 23.0 Å². The normalized spacial score (nSPS) is 20.3. The van der Waals surface area contributed by atoms with Gasteiger partial charge in [-0.25, -0.2) is 13.2 Å². The second-order valence-corrected chi connectivity index (χ2v) is 8.41. The molecule has 1 aromatic heterocycles. The van der Waals surface area contributed by atoms with Gasteiger partial charge in [0.2, 0.25) is 5.43 Å². The highest BCUT2D eigenvalue weighted by Crippen LogP contribution is 2.40. The topological polar surface area (TPSA) is 91.6 Å². The molecule has 0 bridgehead atoms. The Hall–Kier alpha value is -3.30. The minimum Gasteiger partial charge on any atom is -0.503 e. The van der Waals surface area contributed by atoms with E-state index in [1.807, 2.05) is 6.92 Å². The Bertz CT molecular complexity index is 1150. The lowest BCUT2D eigenvalue weighted by Gasteiger charge is -2.40. The van der Waals surface area contributed by atoms with Gasteiger partial charge >= 0.3 is 0 Å². The molecule has 2 aliphatic rings. The average molecular weight is 449 g/mol. The van der Waals surface area contributed by atoms with Crippen molar-refractivity contribution in [2.75, 3.05) is 7.05 Å². The number of pyridine rings is 1. The van der Waals surface area contributed by atoms with Gasteiger partial charge in [-0.05, 0) is 19.3 Å². The summed E-state index contributed by atoms with van der Waals surface area (Å²) in [5.41, 5.74) is -2.31. The number of aromatic hydroxyl groups is 1. The lowest BCUT2D eigenvalue weighted by atomic mass is 9.96. The van der Waals surface area contributed by atoms with Crippen LogP contribution in [0.3, 0.4) is 0 Å². The molecule has 1 aliphatic carbocycles. The quantitative estimate of drug-likeness (QED) is 0.735. The van der Waals surface area contributed by atoms with E-state index in [1.54, 1.807) is 7.05 Å². The van der Waals surface area contributed by atoms with Gasteiger partial charge in [-0.2, -0.15) is 0 Å². The first-order chi connectivity index (χ1) is 15.1. The number of carbonyl (C=O) groups excluding carboxylic acids is 2. The molecule has 0 spiro atoms. The molecular formula is C22H22F3N3O4. The van der Waals surface area contributed by atoms with Crippen LogP contribution in [0.25, 0.3) is 0 Å². The molecule has 7 nitrogen and oxygen atoms in total. The highest BCUT2D eigenvalue weighted by atomic mass is 19.1. The number of likely N-dealkylation sites (N-methyl/N-ethyl adjacent to an activating group) is 1. The molecule has 1 aromatic carbocycles. The third-order valence-electron chi connectivity index (χ3n) is 6.27. The molecule has 0 saturated heterocycles. The first kappa shape index (κ1) is 21.9. The van der Waals surface area contributed by atoms with E-state index in [-0.39, 0.29) is 17.8 Å². The van der Waals surface area contributed by atoms with Crippen molar-refractivity contribution < 1.29 is 27.9 Å². The predicted molar refractivity (Wildman–Crippen MR) is 108 cm³/mol. The van der Waals surface area contributed by atoms with E-state index in [4.69, 9.17) is 0 Å². The largest absolute Gasteiger partial charge is 0.503 e. The number of hydrogen-bond acceptors (Lipinski definition) is 4. The summed E-state index contributed by atoms with van der Waals surface area (Å²) in [4.78, 5) is 39.6. The van der Waals surface area contributed by atoms with Crippen LogP contribution in [0, 0.1) is 23.4 Å². The number of fused-ring (bicyclic) bond motifs is 1. The van der Waals surface area contributed by atoms with Gasteiger partial charge in [-0.3, -0.25) is 14.4 Å². The van der Waals surface area contributed by atoms with E-state index >= 15 is 0 Å². The lowest BCUT2D eigenvalue weighted by Crippen LogP contribution is -2.49. The molecule has 2 N–H and O–H groups in total. The summed E-state index contributed by atoms with van der Waals surface area (Å²) in [5.74, 6) is -5.32. The highest BCUT2D eigenvalue weighted by Gasteiger charge is 2.40. The molecule has 2 atom stereocenters. The van der Waals surface area contributed by atoms with Gasteiger partial charge in [-0.1, -0.05) is 12.8 Å². The second kappa shape index (κ2) is 7.99. The first-order valence-corrected chi connectivity index (χ1v) is 10.3. The third-order valence-corrected chi connectivity index (χ3v) is 6.27. The molecule has 170 valence electrons. The maximum absolute atomic E-state index is 13.8. The third kappa shape index (κ3) is 3.74. The number of benzene rings is 1. The molecule has 2 heterocycles. The van der Waals surface area contributed by atoms with E-state index in [2.05, 4.69) is 5.32 Å². The van der Waals surface area contributed by atoms with Crippen LogP contribution < -0.4 is 10.7 Å². The minimum absolute atomic E-state index is 0.178. The van der Waals surface area contributed by atoms with Crippen LogP contribution in [0.15, 0.2) is 23.1 Å². The van der Waals surface area contributed by atoms with Crippen molar-refractivity contribution in [2.24, 2.45) is 5.92 Å². The Labute approximate surface area is 181 Å². The van der Waals surface area contributed by atoms with Gasteiger partial charge in [0.05, 0.1) is 12.1 Å². The molecule has 4 rings (SSSR count). The molecule has 10 heteroatoms. The number of nitrogens with one attached hydrogen (secondary N) is 1. The van der Waals surface area contributed by atoms with Crippen LogP contribution in [0.2, 0.25) is 0 Å². The SMILES string of the molecule is C[C@H]1[C@@H](CC2CC2)N(C)C(=O)c2c(O)c(=O)c(C(=O)NCc3c(F)cc(F)cc3F)cn21. The number of halogens is 3. The van der Waals surface area contributed by atoms with E-state index in [0.717, 1.165) is 19.3 Å². The summed E-state index contributed by atoms with van der Waals surface area (Å²) in [6.07, 6.45) is 4.12. The van der Waals surface area contributed by atoms with Gasteiger partial charge in [0, 0.05) is 37.5 Å². The van der Waals surface area contributed by atoms with E-state index in [1.165, 1.54) is 15.7 Å². The molecule has 1 saturated carbocycles. The van der Waals surface area contributed by atoms with Crippen molar-refractivity contribution in [1.82, 2.24) is 14.8 Å². The van der Waals surface area contributed by atoms with E-state index < -0.39 is 58.1 Å². The molecule has 1 aliphatic heterocycles. The highest BCUT2D eigenvalue weighted by molar-refractivity contribution is 5.99. The maximum Gasteiger partial charge on any atom is 0.274 e. The Kier molecular flexibility index (Phi) is 5.47. The average Bonchev–Trinajstić information content (AvgIpc) is 3.54. The fourth-order valence-electron chi connectivity index (χ4n) is 4.20. The zero-order valence-corrected chi connectivity index (χ0v) is 17.5. The Morgan fingerprint density at radius 3 is 2.41 bits per heavy atom. The fourth-order valence-corrected chi connectivity index (χ4v) is 4.20. The van der Waals surface area contributed by atoms with Crippen LogP contribution >= 0.6 is 0 Å². The molecule has 2 aromatic rings. The summed E-state index contributed by atoms with van der Waals surface area (Å²) in [7, 11) is 1.62. The van der Waals surface area contributed by atoms with Crippen molar-refractivity contribution in [3.8, 4) is 5.75 Å². The Balaban J connectivity index is 1.65. The zero-order chi connectivity index (χ0) is 23.3. The maximum atomic E-state index is 13.8. The van der Waals surface area contributed by atoms with Crippen molar-refractivity contribution in [3.05, 3.63) is 62.8 Å². The van der Waals surface area contributed by atoms with Crippen molar-refractivity contribution in [2.45, 2.75) is 44.8 Å². The fraction of sp³-hybridized carbons (Fsp3) is 0.409. The number of hydrogen-bond donors (Lipinski definition) is 2. The van der Waals surface area contributed by atoms with E-state index in [9.17, 15) is 32.7 Å². The van der Waals surface area contributed by atoms with Gasteiger partial charge in [0.25, 0.3) is 11.8 Å². The predicted octanol–water partition coefficient (Wildman–Crippen LogP) is 2.72. The first-order valence-electron chi connectivity index (χ1n) is 10.3. The number of carbonyl (C=O) groups is 2. The minimum atomic E-state index is -1.18. The van der Waals surface area contributed by atoms with Gasteiger partial charge < -0.3 is 19.9 Å². The number of rotatable bonds is 5. The van der Waals surface area contributed by atoms with Crippen LogP contribution in [-0.2, 0) is 6.54 Å². The monoisotopic (exact) mass is 449 g/mol. The second-order valence-electron chi connectivity index (χ2n) is 8.41. The lowest BCUT2D eigenvalue weighted by molar-refractivity contribution is 0.0573. The summed E-state index contributed by atoms with van der Waals surface area (Å²) in [6, 6.07) is 0.461. The van der Waals surface area contributed by atoms with Crippen LogP contribution in [-0.4, -0.2) is 39.5 Å². The van der Waals surface area contributed by atoms with Gasteiger partial charge in [0.15, 0.2) is 11.4 Å². The van der Waals surface area contributed by atoms with Crippen LogP contribution in [0.5, 0.6) is 5.75 Å². The van der Waals surface area contributed by atoms with Crippen molar-refractivity contribution >= 4 is 11.8 Å². The summed E-state index contributed by atoms with van der Waals surface area (Å²) in [5, 5.41) is 12.7. The molecule has 0 radical (unpaired) electrons. The standard InChI is InChI=1S/C22H22F3N3O4/c1-10-17(5-11-3-4-11)27(2)22(32)18-20(30)19(29)14(9-28(10)18)21(31)26-8-13-15(24)6-12(23)7-16(13)25/h6-7,9-11,17,30H,3-5,8H2,1-2H3,(H,26,31)/t10-,17+/m0/s1. The molecule has 0 unspecified atom stereocenters. The summed E-state index contributed by atoms with van der Waals surface area (Å²) in [6.45, 7) is 1.19. The Morgan fingerprint density at radius 2 is 1.81 bits per heavy atom. The van der Waals surface area contributed by atoms with Crippen LogP contribution in [0.1, 0.15) is 58.6 Å². The molecule has 1 fully saturated rings. The zero-order valence-electron chi connectivity index (χ0n) is 17.5. The molecular weight excluding hydrogens is 427 g/mol. The summed E-state index contributed by atoms with van der Waals surface area (Å²) >= 11 is 0. The number of nitrogens with zero attached hydrogens (tertiary/aromatic N) is 2. The van der Waals surface area contributed by atoms with E-state index in [0.29, 0.717) is 18.1 Å². The molecule has 2 amide bonds. The summed E-state index contributed by atoms with van der Waals surface area (Å²) < 4.78 is 42.2.